The first-order chi connectivity index (χ1) is 58.1. The van der Waals surface area contributed by atoms with Crippen molar-refractivity contribution in [3.8, 4) is 11.5 Å². The van der Waals surface area contributed by atoms with Gasteiger partial charge >= 0.3 is 0 Å². The standard InChI is InChI=1S/C26H31S.C18H23OS.C18H23S2.C17H21O2S2.C14H14O2S.C14H21S2/c1-25(2,3)20-12-16-23(17-13-20)27(22-10-8-7-9-11-22)24-18-14-21(15-19-24)26(4,5)6;2*1-18(2,3)16-8-9-17(20-12-10-19-11-13-20)15-7-5-4-6-14(15)16;1-18-8-9-19-16-6-7-17(21-12-10-20-11-13-21)15-5-3-2-4-14(15)16;15-13-5-6-14(17-9-7-16-8-10-17)12-4-2-1-3-11(12)13;1-14(2,3)12-4-6-13(7-5-12)16-10-8-15-9-11-16/h7-19H,1-6H3;2*4-9H,10-13H2,1-3H3;2-7H,8-13H2,1H3;1-6H,7-10H2;4-7H,8-11H2,1-3H3/q4*+1;;+1/p+1. The molecule has 14 heteroatoms. The molecule has 0 radical (unpaired) electrons. The van der Waals surface area contributed by atoms with E-state index < -0.39 is 0 Å². The number of phenolic OH excluding ortho intramolecular Hbond substituents is 1. The van der Waals surface area contributed by atoms with Gasteiger partial charge in [-0.25, -0.2) is 0 Å². The summed E-state index contributed by atoms with van der Waals surface area (Å²) in [4.78, 5) is 11.7. The molecule has 0 unspecified atom stereocenters. The molecule has 0 aliphatic carbocycles. The van der Waals surface area contributed by atoms with E-state index in [9.17, 15) is 5.11 Å². The third kappa shape index (κ3) is 26.0. The van der Waals surface area contributed by atoms with E-state index in [1.165, 1.54) is 175 Å². The fraction of sp³-hybridized carbons (Fsp3) is 0.402. The van der Waals surface area contributed by atoms with Crippen LogP contribution < -0.4 is 4.74 Å². The highest BCUT2D eigenvalue weighted by Crippen LogP contribution is 2.41. The number of aromatic hydroxyl groups is 1. The predicted octanol–water partition coefficient (Wildman–Crippen LogP) is 26.2. The third-order valence-corrected chi connectivity index (χ3v) is 41.0. The van der Waals surface area contributed by atoms with Gasteiger partial charge in [0.2, 0.25) is 0 Å². The Balaban J connectivity index is 0.000000134. The normalized spacial score (nSPS) is 16.3. The van der Waals surface area contributed by atoms with Crippen molar-refractivity contribution in [2.45, 2.75) is 170 Å². The largest absolute Gasteiger partial charge is 0.507 e. The molecule has 0 amide bonds. The summed E-state index contributed by atoms with van der Waals surface area (Å²) in [7, 11) is 3.65. The molecule has 640 valence electrons. The molecule has 5 nitrogen and oxygen atoms in total. The summed E-state index contributed by atoms with van der Waals surface area (Å²) < 4.78 is 21.9. The molecule has 17 rings (SSSR count). The Morgan fingerprint density at radius 2 is 0.603 bits per heavy atom. The molecule has 0 saturated carbocycles. The zero-order valence-corrected chi connectivity index (χ0v) is 82.3. The molecule has 5 aliphatic heterocycles. The van der Waals surface area contributed by atoms with Crippen LogP contribution in [-0.4, -0.2) is 144 Å². The first-order valence-corrected chi connectivity index (χ1v) is 55.9. The maximum absolute atomic E-state index is 9.87. The number of hydrogen-bond acceptors (Lipinski definition) is 8. The monoisotopic (exact) mass is 1790 g/mol. The van der Waals surface area contributed by atoms with Crippen molar-refractivity contribution < 1.29 is 24.1 Å². The Morgan fingerprint density at radius 1 is 0.298 bits per heavy atom. The van der Waals surface area contributed by atoms with Crippen LogP contribution in [0.1, 0.15) is 132 Å². The second kappa shape index (κ2) is 44.6. The van der Waals surface area contributed by atoms with Crippen molar-refractivity contribution in [2.75, 3.05) is 139 Å². The Bertz CT molecular complexity index is 5040. The van der Waals surface area contributed by atoms with Crippen LogP contribution in [0.4, 0.5) is 0 Å². The number of methoxy groups -OCH3 is 1. The van der Waals surface area contributed by atoms with E-state index in [-0.39, 0.29) is 48.9 Å². The minimum absolute atomic E-state index is 0.0847. The van der Waals surface area contributed by atoms with Crippen molar-refractivity contribution in [1.29, 1.82) is 0 Å². The Morgan fingerprint density at radius 3 is 0.983 bits per heavy atom. The van der Waals surface area contributed by atoms with Gasteiger partial charge < -0.3 is 24.1 Å². The van der Waals surface area contributed by atoms with Gasteiger partial charge in [-0.05, 0) is 175 Å². The maximum Gasteiger partial charge on any atom is 0.166 e. The predicted molar refractivity (Wildman–Crippen MR) is 547 cm³/mol. The second-order valence-corrected chi connectivity index (χ2v) is 53.3. The number of thioether (sulfide) groups is 3. The molecule has 0 bridgehead atoms. The zero-order valence-electron chi connectivity index (χ0n) is 75.0. The second-order valence-electron chi connectivity index (χ2n) is 36.4. The van der Waals surface area contributed by atoms with Gasteiger partial charge in [0, 0.05) is 128 Å². The number of benzene rings is 12. The summed E-state index contributed by atoms with van der Waals surface area (Å²) in [5.41, 5.74) is 8.19. The summed E-state index contributed by atoms with van der Waals surface area (Å²) in [6, 6.07) is 91.2. The molecule has 5 heterocycles. The molecule has 12 aromatic carbocycles. The number of ether oxygens (including phenoxy) is 4. The fourth-order valence-corrected chi connectivity index (χ4v) is 34.1. The highest BCUT2D eigenvalue weighted by Gasteiger charge is 2.35. The summed E-state index contributed by atoms with van der Waals surface area (Å²) >= 11 is 6.30. The maximum atomic E-state index is 9.87. The van der Waals surface area contributed by atoms with Crippen LogP contribution in [0.15, 0.2) is 288 Å². The van der Waals surface area contributed by atoms with E-state index in [2.05, 4.69) is 364 Å². The number of hydrogen-bond donors (Lipinski definition) is 1. The molecular weight excluding hydrogens is 1650 g/mol. The Hall–Kier alpha value is -5.69. The molecular formula is C107H134O5S9+6. The highest BCUT2D eigenvalue weighted by atomic mass is 32.2. The molecule has 5 fully saturated rings. The zero-order chi connectivity index (χ0) is 85.7. The SMILES string of the molecule is CC(C)(C)c1ccc([S+](c2ccccc2)c2ccc(C(C)(C)C)cc2)cc1.CC(C)(C)c1ccc([S+]2CCOCC2)c2ccccc12.CC(C)(C)c1ccc([S+]2CCSCC2)c2ccccc12.CC(C)(C)c1ccc([S+]2CCSCC2)cc1.COCCOc1ccc([S+]2CCSCC2)c2ccccc12.Oc1ccc([S+]2CCOCC2)c2ccccc12. The fourth-order valence-electron chi connectivity index (χ4n) is 15.7. The molecule has 0 spiro atoms. The van der Waals surface area contributed by atoms with Gasteiger partial charge in [-0.2, -0.15) is 35.3 Å². The van der Waals surface area contributed by atoms with Gasteiger partial charge in [0.1, 0.15) is 75.6 Å². The van der Waals surface area contributed by atoms with E-state index in [1.54, 1.807) is 16.9 Å². The van der Waals surface area contributed by atoms with Crippen LogP contribution in [-0.2, 0) is 107 Å². The topological polar surface area (TPSA) is 57.2 Å². The van der Waals surface area contributed by atoms with Gasteiger partial charge in [-0.1, -0.05) is 243 Å². The Labute approximate surface area is 757 Å². The average molecular weight is 1790 g/mol. The molecule has 5 saturated heterocycles. The molecule has 1 N–H and O–H groups in total. The van der Waals surface area contributed by atoms with Crippen molar-refractivity contribution in [3.05, 3.63) is 277 Å². The minimum atomic E-state index is -0.0847. The van der Waals surface area contributed by atoms with Crippen LogP contribution in [0.3, 0.4) is 0 Å². The van der Waals surface area contributed by atoms with Gasteiger partial charge in [-0.15, -0.1) is 0 Å². The minimum Gasteiger partial charge on any atom is -0.507 e. The summed E-state index contributed by atoms with van der Waals surface area (Å²) in [5.74, 6) is 22.0. The van der Waals surface area contributed by atoms with E-state index in [1.807, 2.05) is 24.3 Å². The van der Waals surface area contributed by atoms with Crippen molar-refractivity contribution in [1.82, 2.24) is 0 Å². The van der Waals surface area contributed by atoms with Gasteiger partial charge in [0.15, 0.2) is 39.2 Å². The molecule has 0 aromatic heterocycles. The molecule has 121 heavy (non-hydrogen) atoms. The molecule has 5 aliphatic rings. The quantitative estimate of drug-likeness (QED) is 0.0959. The lowest BCUT2D eigenvalue weighted by Crippen LogP contribution is -2.26. The van der Waals surface area contributed by atoms with Crippen LogP contribution >= 0.6 is 35.3 Å². The lowest BCUT2D eigenvalue weighted by molar-refractivity contribution is 0.147. The highest BCUT2D eigenvalue weighted by molar-refractivity contribution is 8.06. The number of phenols is 1. The van der Waals surface area contributed by atoms with Gasteiger partial charge in [-0.3, -0.25) is 0 Å². The number of rotatable bonds is 12. The van der Waals surface area contributed by atoms with Crippen molar-refractivity contribution in [3.63, 3.8) is 0 Å². The summed E-state index contributed by atoms with van der Waals surface area (Å²) in [5, 5.41) is 20.5. The number of fused-ring (bicyclic) bond motifs is 4. The lowest BCUT2D eigenvalue weighted by Gasteiger charge is -2.23. The first kappa shape index (κ1) is 94.4. The van der Waals surface area contributed by atoms with E-state index in [4.69, 9.17) is 18.9 Å². The van der Waals surface area contributed by atoms with E-state index >= 15 is 0 Å². The summed E-state index contributed by atoms with van der Waals surface area (Å²) in [6.07, 6.45) is 0. The van der Waals surface area contributed by atoms with E-state index in [0.29, 0.717) is 62.5 Å². The van der Waals surface area contributed by atoms with Crippen LogP contribution in [0.25, 0.3) is 43.1 Å². The van der Waals surface area contributed by atoms with Gasteiger partial charge in [0.25, 0.3) is 0 Å². The van der Waals surface area contributed by atoms with E-state index in [0.717, 1.165) is 49.1 Å². The third-order valence-electron chi connectivity index (χ3n) is 22.6. The van der Waals surface area contributed by atoms with Crippen LogP contribution in [0, 0.1) is 0 Å². The molecule has 12 aromatic rings. The van der Waals surface area contributed by atoms with Crippen LogP contribution in [0.2, 0.25) is 0 Å². The Kier molecular flexibility index (Phi) is 34.8. The van der Waals surface area contributed by atoms with Crippen molar-refractivity contribution >= 4 is 144 Å². The van der Waals surface area contributed by atoms with Gasteiger partial charge in [0.05, 0.1) is 43.9 Å². The lowest BCUT2D eigenvalue weighted by atomic mass is 9.84. The first-order valence-electron chi connectivity index (χ1n) is 43.4. The van der Waals surface area contributed by atoms with Crippen LogP contribution in [0.5, 0.6) is 11.5 Å². The van der Waals surface area contributed by atoms with Crippen molar-refractivity contribution in [2.24, 2.45) is 0 Å². The smallest absolute Gasteiger partial charge is 0.166 e. The average Bonchev–Trinajstić information content (AvgIpc) is 0.764. The molecule has 0 atom stereocenters. The summed E-state index contributed by atoms with van der Waals surface area (Å²) in [6.45, 7) is 39.0.